The van der Waals surface area contributed by atoms with Crippen molar-refractivity contribution < 1.29 is 19.0 Å². The number of ether oxygens (including phenoxy) is 3. The standard InChI is InChI=1S/C21H22Cl2O4/c1-12-11-16(25-2)20(26-3)21(27-13-7-4-5-8-13)17(12)19(24)18-14(22)9-6-10-15(18)23/h6,9-11,13H,4-5,7-8H2,1-3H3. The lowest BCUT2D eigenvalue weighted by Gasteiger charge is -2.22. The first-order chi connectivity index (χ1) is 13.0. The SMILES string of the molecule is COc1cc(C)c(C(=O)c2c(Cl)cccc2Cl)c(OC2CCCC2)c1OC. The predicted molar refractivity (Wildman–Crippen MR) is 107 cm³/mol. The van der Waals surface area contributed by atoms with E-state index in [0.717, 1.165) is 25.7 Å². The van der Waals surface area contributed by atoms with Crippen LogP contribution in [0.3, 0.4) is 0 Å². The van der Waals surface area contributed by atoms with E-state index in [1.54, 1.807) is 31.4 Å². The first-order valence-electron chi connectivity index (χ1n) is 8.88. The molecule has 0 aromatic heterocycles. The number of carbonyl (C=O) groups is 1. The van der Waals surface area contributed by atoms with Crippen molar-refractivity contribution in [1.82, 2.24) is 0 Å². The second-order valence-electron chi connectivity index (χ2n) is 6.58. The monoisotopic (exact) mass is 408 g/mol. The van der Waals surface area contributed by atoms with Crippen molar-refractivity contribution >= 4 is 29.0 Å². The van der Waals surface area contributed by atoms with Gasteiger partial charge in [-0.25, -0.2) is 0 Å². The third kappa shape index (κ3) is 3.87. The number of aryl methyl sites for hydroxylation is 1. The average molecular weight is 409 g/mol. The molecule has 144 valence electrons. The van der Waals surface area contributed by atoms with Gasteiger partial charge in [0.1, 0.15) is 0 Å². The molecule has 0 heterocycles. The van der Waals surface area contributed by atoms with E-state index in [2.05, 4.69) is 0 Å². The van der Waals surface area contributed by atoms with Crippen LogP contribution in [-0.4, -0.2) is 26.1 Å². The van der Waals surface area contributed by atoms with Gasteiger partial charge >= 0.3 is 0 Å². The van der Waals surface area contributed by atoms with Gasteiger partial charge in [-0.15, -0.1) is 0 Å². The summed E-state index contributed by atoms with van der Waals surface area (Å²) in [6.45, 7) is 1.83. The van der Waals surface area contributed by atoms with E-state index in [9.17, 15) is 4.79 Å². The maximum Gasteiger partial charge on any atom is 0.204 e. The summed E-state index contributed by atoms with van der Waals surface area (Å²) in [5, 5.41) is 0.599. The summed E-state index contributed by atoms with van der Waals surface area (Å²) in [6, 6.07) is 6.76. The highest BCUT2D eigenvalue weighted by molar-refractivity contribution is 6.41. The fourth-order valence-corrected chi connectivity index (χ4v) is 4.06. The van der Waals surface area contributed by atoms with Crippen LogP contribution in [0.2, 0.25) is 10.0 Å². The third-order valence-corrected chi connectivity index (χ3v) is 5.46. The number of hydrogen-bond acceptors (Lipinski definition) is 4. The highest BCUT2D eigenvalue weighted by atomic mass is 35.5. The third-order valence-electron chi connectivity index (χ3n) is 4.83. The molecule has 2 aromatic carbocycles. The Labute approximate surface area is 169 Å². The summed E-state index contributed by atoms with van der Waals surface area (Å²) in [6.07, 6.45) is 4.14. The molecule has 1 aliphatic rings. The van der Waals surface area contributed by atoms with Gasteiger partial charge < -0.3 is 14.2 Å². The maximum atomic E-state index is 13.4. The molecule has 6 heteroatoms. The molecular weight excluding hydrogens is 387 g/mol. The summed E-state index contributed by atoms with van der Waals surface area (Å²) < 4.78 is 17.3. The van der Waals surface area contributed by atoms with Gasteiger partial charge in [0, 0.05) is 0 Å². The number of carbonyl (C=O) groups excluding carboxylic acids is 1. The Morgan fingerprint density at radius 2 is 1.63 bits per heavy atom. The molecule has 0 unspecified atom stereocenters. The minimum atomic E-state index is -0.294. The summed E-state index contributed by atoms with van der Waals surface area (Å²) in [5.74, 6) is 1.02. The molecule has 27 heavy (non-hydrogen) atoms. The fraction of sp³-hybridized carbons (Fsp3) is 0.381. The molecule has 1 aliphatic carbocycles. The van der Waals surface area contributed by atoms with Crippen molar-refractivity contribution in [3.63, 3.8) is 0 Å². The molecular formula is C21H22Cl2O4. The zero-order valence-corrected chi connectivity index (χ0v) is 17.1. The number of halogens is 2. The van der Waals surface area contributed by atoms with E-state index in [1.165, 1.54) is 7.11 Å². The Hall–Kier alpha value is -1.91. The zero-order chi connectivity index (χ0) is 19.6. The Morgan fingerprint density at radius 3 is 2.19 bits per heavy atom. The number of methoxy groups -OCH3 is 2. The van der Waals surface area contributed by atoms with Crippen LogP contribution in [-0.2, 0) is 0 Å². The summed E-state index contributed by atoms with van der Waals surface area (Å²) in [7, 11) is 3.09. The minimum Gasteiger partial charge on any atom is -0.493 e. The summed E-state index contributed by atoms with van der Waals surface area (Å²) in [4.78, 5) is 13.4. The predicted octanol–water partition coefficient (Wildman–Crippen LogP) is 5.87. The first kappa shape index (κ1) is 19.8. The van der Waals surface area contributed by atoms with Crippen molar-refractivity contribution in [2.45, 2.75) is 38.7 Å². The Bertz CT molecular complexity index is 837. The van der Waals surface area contributed by atoms with Crippen LogP contribution in [0.4, 0.5) is 0 Å². The van der Waals surface area contributed by atoms with Crippen molar-refractivity contribution in [1.29, 1.82) is 0 Å². The van der Waals surface area contributed by atoms with E-state index >= 15 is 0 Å². The topological polar surface area (TPSA) is 44.8 Å². The number of hydrogen-bond donors (Lipinski definition) is 0. The van der Waals surface area contributed by atoms with E-state index in [1.807, 2.05) is 6.92 Å². The average Bonchev–Trinajstić information content (AvgIpc) is 3.14. The van der Waals surface area contributed by atoms with Crippen molar-refractivity contribution in [2.75, 3.05) is 14.2 Å². The number of benzene rings is 2. The van der Waals surface area contributed by atoms with E-state index in [0.29, 0.717) is 38.4 Å². The Kier molecular flexibility index (Phi) is 6.18. The molecule has 0 N–H and O–H groups in total. The van der Waals surface area contributed by atoms with Crippen molar-refractivity contribution in [3.05, 3.63) is 51.0 Å². The van der Waals surface area contributed by atoms with E-state index in [4.69, 9.17) is 37.4 Å². The second-order valence-corrected chi connectivity index (χ2v) is 7.40. The van der Waals surface area contributed by atoms with Crippen LogP contribution in [0.5, 0.6) is 17.2 Å². The highest BCUT2D eigenvalue weighted by Crippen LogP contribution is 2.45. The minimum absolute atomic E-state index is 0.0404. The number of ketones is 1. The van der Waals surface area contributed by atoms with Crippen LogP contribution in [0.1, 0.15) is 47.2 Å². The van der Waals surface area contributed by atoms with Crippen LogP contribution >= 0.6 is 23.2 Å². The quantitative estimate of drug-likeness (QED) is 0.560. The van der Waals surface area contributed by atoms with Gasteiger partial charge in [0.15, 0.2) is 17.3 Å². The fourth-order valence-electron chi connectivity index (χ4n) is 3.49. The molecule has 0 atom stereocenters. The zero-order valence-electron chi connectivity index (χ0n) is 15.6. The van der Waals surface area contributed by atoms with Crippen LogP contribution < -0.4 is 14.2 Å². The normalized spacial score (nSPS) is 14.3. The first-order valence-corrected chi connectivity index (χ1v) is 9.64. The van der Waals surface area contributed by atoms with Crippen molar-refractivity contribution in [2.24, 2.45) is 0 Å². The van der Waals surface area contributed by atoms with Crippen LogP contribution in [0, 0.1) is 6.92 Å². The Balaban J connectivity index is 2.19. The molecule has 3 rings (SSSR count). The highest BCUT2D eigenvalue weighted by Gasteiger charge is 2.30. The molecule has 0 amide bonds. The molecule has 0 bridgehead atoms. The van der Waals surface area contributed by atoms with Crippen molar-refractivity contribution in [3.8, 4) is 17.2 Å². The Morgan fingerprint density at radius 1 is 1.00 bits per heavy atom. The van der Waals surface area contributed by atoms with Gasteiger partial charge in [0.25, 0.3) is 0 Å². The van der Waals surface area contributed by atoms with Gasteiger partial charge in [-0.3, -0.25) is 4.79 Å². The molecule has 4 nitrogen and oxygen atoms in total. The smallest absolute Gasteiger partial charge is 0.204 e. The van der Waals surface area contributed by atoms with Gasteiger partial charge in [-0.2, -0.15) is 0 Å². The van der Waals surface area contributed by atoms with Gasteiger partial charge in [-0.05, 0) is 56.4 Å². The molecule has 1 saturated carbocycles. The molecule has 2 aromatic rings. The molecule has 0 aliphatic heterocycles. The summed E-state index contributed by atoms with van der Waals surface area (Å²) in [5.41, 5.74) is 1.36. The van der Waals surface area contributed by atoms with Crippen LogP contribution in [0.25, 0.3) is 0 Å². The summed E-state index contributed by atoms with van der Waals surface area (Å²) >= 11 is 12.6. The van der Waals surface area contributed by atoms with E-state index < -0.39 is 0 Å². The lowest BCUT2D eigenvalue weighted by atomic mass is 9.96. The molecule has 0 saturated heterocycles. The maximum absolute atomic E-state index is 13.4. The van der Waals surface area contributed by atoms with Gasteiger partial charge in [0.2, 0.25) is 5.75 Å². The lowest BCUT2D eigenvalue weighted by Crippen LogP contribution is -2.17. The molecule has 0 radical (unpaired) electrons. The largest absolute Gasteiger partial charge is 0.493 e. The van der Waals surface area contributed by atoms with E-state index in [-0.39, 0.29) is 17.5 Å². The van der Waals surface area contributed by atoms with Gasteiger partial charge in [0.05, 0.1) is 41.5 Å². The van der Waals surface area contributed by atoms with Gasteiger partial charge in [-0.1, -0.05) is 29.3 Å². The molecule has 1 fully saturated rings. The van der Waals surface area contributed by atoms with Crippen LogP contribution in [0.15, 0.2) is 24.3 Å². The molecule has 0 spiro atoms. The second kappa shape index (κ2) is 8.41. The lowest BCUT2D eigenvalue weighted by molar-refractivity contribution is 0.102. The number of rotatable bonds is 6.